The van der Waals surface area contributed by atoms with Crippen LogP contribution in [0.3, 0.4) is 0 Å². The largest absolute Gasteiger partial charge is 0.493 e. The van der Waals surface area contributed by atoms with E-state index in [0.717, 1.165) is 30.9 Å². The summed E-state index contributed by atoms with van der Waals surface area (Å²) in [5.74, 6) is 1.66. The van der Waals surface area contributed by atoms with Gasteiger partial charge < -0.3 is 9.47 Å². The second-order valence-electron chi connectivity index (χ2n) is 5.45. The zero-order valence-electron chi connectivity index (χ0n) is 13.7. The molecule has 0 aromatic heterocycles. The summed E-state index contributed by atoms with van der Waals surface area (Å²) in [6, 6.07) is 6.10. The maximum atomic E-state index is 5.84. The lowest BCUT2D eigenvalue weighted by molar-refractivity contribution is 0.284. The summed E-state index contributed by atoms with van der Waals surface area (Å²) in [5.41, 5.74) is 1.20. The second kappa shape index (κ2) is 11.2. The van der Waals surface area contributed by atoms with Crippen LogP contribution in [0.1, 0.15) is 57.4 Å². The van der Waals surface area contributed by atoms with E-state index in [-0.39, 0.29) is 0 Å². The van der Waals surface area contributed by atoms with Crippen molar-refractivity contribution >= 4 is 0 Å². The Balaban J connectivity index is 2.26. The third-order valence-electron chi connectivity index (χ3n) is 3.61. The molecule has 0 N–H and O–H groups in total. The molecule has 0 unspecified atom stereocenters. The summed E-state index contributed by atoms with van der Waals surface area (Å²) in [4.78, 5) is 0. The number of benzene rings is 1. The van der Waals surface area contributed by atoms with Gasteiger partial charge in [-0.2, -0.15) is 0 Å². The van der Waals surface area contributed by atoms with Gasteiger partial charge in [-0.05, 0) is 30.5 Å². The Kier molecular flexibility index (Phi) is 9.43. The van der Waals surface area contributed by atoms with Gasteiger partial charge in [0.1, 0.15) is 0 Å². The van der Waals surface area contributed by atoms with E-state index in [1.165, 1.54) is 44.1 Å². The molecule has 1 aromatic carbocycles. The van der Waals surface area contributed by atoms with Gasteiger partial charge >= 0.3 is 0 Å². The van der Waals surface area contributed by atoms with Crippen molar-refractivity contribution in [2.75, 3.05) is 13.7 Å². The van der Waals surface area contributed by atoms with Gasteiger partial charge in [0.25, 0.3) is 0 Å². The second-order valence-corrected chi connectivity index (χ2v) is 5.45. The minimum absolute atomic E-state index is 0.769. The molecule has 0 spiro atoms. The Morgan fingerprint density at radius 3 is 2.38 bits per heavy atom. The average molecular weight is 290 g/mol. The molecule has 0 atom stereocenters. The van der Waals surface area contributed by atoms with Crippen molar-refractivity contribution < 1.29 is 9.47 Å². The molecule has 0 saturated carbocycles. The first-order valence-electron chi connectivity index (χ1n) is 8.22. The molecular formula is C19H30O2. The van der Waals surface area contributed by atoms with E-state index in [0.29, 0.717) is 0 Å². The van der Waals surface area contributed by atoms with Crippen LogP contribution in [0.15, 0.2) is 30.9 Å². The van der Waals surface area contributed by atoms with Crippen molar-refractivity contribution in [3.8, 4) is 11.5 Å². The van der Waals surface area contributed by atoms with Crippen molar-refractivity contribution in [3.63, 3.8) is 0 Å². The van der Waals surface area contributed by atoms with Crippen LogP contribution >= 0.6 is 0 Å². The fraction of sp³-hybridized carbons (Fsp3) is 0.579. The molecule has 0 amide bonds. The summed E-state index contributed by atoms with van der Waals surface area (Å²) in [6.45, 7) is 6.78. The zero-order chi connectivity index (χ0) is 15.3. The number of hydrogen-bond acceptors (Lipinski definition) is 2. The SMILES string of the molecule is C=CCc1ccc(OCCCCCCCCC)c(OC)c1. The molecule has 0 aliphatic carbocycles. The van der Waals surface area contributed by atoms with Crippen molar-refractivity contribution in [1.29, 1.82) is 0 Å². The van der Waals surface area contributed by atoms with Gasteiger partial charge in [-0.25, -0.2) is 0 Å². The van der Waals surface area contributed by atoms with Gasteiger partial charge in [0.15, 0.2) is 11.5 Å². The molecule has 1 rings (SSSR count). The molecule has 0 radical (unpaired) electrons. The maximum absolute atomic E-state index is 5.84. The predicted molar refractivity (Wildman–Crippen MR) is 90.4 cm³/mol. The first-order chi connectivity index (χ1) is 10.3. The van der Waals surface area contributed by atoms with Crippen molar-refractivity contribution in [2.45, 2.75) is 58.3 Å². The van der Waals surface area contributed by atoms with Crippen molar-refractivity contribution in [1.82, 2.24) is 0 Å². The highest BCUT2D eigenvalue weighted by Gasteiger charge is 2.05. The summed E-state index contributed by atoms with van der Waals surface area (Å²) < 4.78 is 11.2. The van der Waals surface area contributed by atoms with Crippen LogP contribution in [0, 0.1) is 0 Å². The third kappa shape index (κ3) is 7.22. The molecular weight excluding hydrogens is 260 g/mol. The average Bonchev–Trinajstić information content (AvgIpc) is 2.51. The van der Waals surface area contributed by atoms with E-state index in [9.17, 15) is 0 Å². The molecule has 0 aliphatic heterocycles. The quantitative estimate of drug-likeness (QED) is 0.371. The number of hydrogen-bond donors (Lipinski definition) is 0. The van der Waals surface area contributed by atoms with E-state index < -0.39 is 0 Å². The Bertz CT molecular complexity index is 399. The van der Waals surface area contributed by atoms with E-state index in [1.54, 1.807) is 7.11 Å². The fourth-order valence-electron chi connectivity index (χ4n) is 2.37. The Hall–Kier alpha value is -1.44. The van der Waals surface area contributed by atoms with Gasteiger partial charge in [-0.1, -0.05) is 57.6 Å². The van der Waals surface area contributed by atoms with Crippen LogP contribution in [0.5, 0.6) is 11.5 Å². The molecule has 0 heterocycles. The van der Waals surface area contributed by atoms with Crippen LogP contribution in [0.25, 0.3) is 0 Å². The lowest BCUT2D eigenvalue weighted by Gasteiger charge is -2.11. The maximum Gasteiger partial charge on any atom is 0.161 e. The Labute approximate surface area is 130 Å². The summed E-state index contributed by atoms with van der Waals surface area (Å²) in [6.07, 6.45) is 11.8. The smallest absolute Gasteiger partial charge is 0.161 e. The van der Waals surface area contributed by atoms with Crippen molar-refractivity contribution in [3.05, 3.63) is 36.4 Å². The van der Waals surface area contributed by atoms with Crippen LogP contribution in [-0.2, 0) is 6.42 Å². The van der Waals surface area contributed by atoms with Crippen LogP contribution in [-0.4, -0.2) is 13.7 Å². The summed E-state index contributed by atoms with van der Waals surface area (Å²) in [5, 5.41) is 0. The molecule has 1 aromatic rings. The van der Waals surface area contributed by atoms with Gasteiger partial charge in [-0.3, -0.25) is 0 Å². The minimum Gasteiger partial charge on any atom is -0.493 e. The highest BCUT2D eigenvalue weighted by molar-refractivity contribution is 5.43. The van der Waals surface area contributed by atoms with Crippen molar-refractivity contribution in [2.24, 2.45) is 0 Å². The highest BCUT2D eigenvalue weighted by Crippen LogP contribution is 2.28. The van der Waals surface area contributed by atoms with Crippen LogP contribution in [0.4, 0.5) is 0 Å². The molecule has 0 bridgehead atoms. The monoisotopic (exact) mass is 290 g/mol. The number of unbranched alkanes of at least 4 members (excludes halogenated alkanes) is 6. The fourth-order valence-corrected chi connectivity index (χ4v) is 2.37. The Morgan fingerprint density at radius 1 is 1.00 bits per heavy atom. The molecule has 2 heteroatoms. The molecule has 2 nitrogen and oxygen atoms in total. The van der Waals surface area contributed by atoms with Crippen LogP contribution < -0.4 is 9.47 Å². The Morgan fingerprint density at radius 2 is 1.71 bits per heavy atom. The molecule has 0 saturated heterocycles. The van der Waals surface area contributed by atoms with Crippen LogP contribution in [0.2, 0.25) is 0 Å². The third-order valence-corrected chi connectivity index (χ3v) is 3.61. The van der Waals surface area contributed by atoms with Gasteiger partial charge in [-0.15, -0.1) is 6.58 Å². The number of allylic oxidation sites excluding steroid dienone is 1. The van der Waals surface area contributed by atoms with Gasteiger partial charge in [0, 0.05) is 0 Å². The van der Waals surface area contributed by atoms with E-state index in [1.807, 2.05) is 18.2 Å². The molecule has 0 aliphatic rings. The molecule has 0 fully saturated rings. The first kappa shape index (κ1) is 17.6. The van der Waals surface area contributed by atoms with E-state index in [2.05, 4.69) is 19.6 Å². The topological polar surface area (TPSA) is 18.5 Å². The standard InChI is InChI=1S/C19H30O2/c1-4-6-7-8-9-10-11-15-21-18-14-13-17(12-5-2)16-19(18)20-3/h5,13-14,16H,2,4,6-12,15H2,1,3H3. The summed E-state index contributed by atoms with van der Waals surface area (Å²) >= 11 is 0. The minimum atomic E-state index is 0.769. The van der Waals surface area contributed by atoms with E-state index >= 15 is 0 Å². The van der Waals surface area contributed by atoms with Gasteiger partial charge in [0.2, 0.25) is 0 Å². The number of methoxy groups -OCH3 is 1. The predicted octanol–water partition coefficient (Wildman–Crippen LogP) is 5.55. The highest BCUT2D eigenvalue weighted by atomic mass is 16.5. The summed E-state index contributed by atoms with van der Waals surface area (Å²) in [7, 11) is 1.69. The van der Waals surface area contributed by atoms with E-state index in [4.69, 9.17) is 9.47 Å². The lowest BCUT2D eigenvalue weighted by atomic mass is 10.1. The molecule has 118 valence electrons. The number of rotatable bonds is 12. The normalized spacial score (nSPS) is 10.4. The first-order valence-corrected chi connectivity index (χ1v) is 8.22. The van der Waals surface area contributed by atoms with Gasteiger partial charge in [0.05, 0.1) is 13.7 Å². The molecule has 21 heavy (non-hydrogen) atoms. The lowest BCUT2D eigenvalue weighted by Crippen LogP contribution is -2.00. The number of ether oxygens (including phenoxy) is 2. The zero-order valence-corrected chi connectivity index (χ0v) is 13.7.